The second kappa shape index (κ2) is 4.26. The molecule has 0 aromatic carbocycles. The molecule has 0 amide bonds. The van der Waals surface area contributed by atoms with Gasteiger partial charge in [0.2, 0.25) is 5.82 Å². The van der Waals surface area contributed by atoms with Crippen molar-refractivity contribution in [1.29, 1.82) is 0 Å². The molecule has 86 valence electrons. The minimum atomic E-state index is -4.50. The molecule has 6 heteroatoms. The average Bonchev–Trinajstić information content (AvgIpc) is 2.13. The molecule has 0 aliphatic carbocycles. The number of hydrogen-bond donors (Lipinski definition) is 0. The predicted molar refractivity (Wildman–Crippen MR) is 57.3 cm³/mol. The Kier molecular flexibility index (Phi) is 3.38. The Morgan fingerprint density at radius 3 is 2.00 bits per heavy atom. The number of hydrogen-bond acceptors (Lipinski definition) is 2. The first-order valence-electron chi connectivity index (χ1n) is 4.61. The Bertz CT molecular complexity index is 421. The highest BCUT2D eigenvalue weighted by Gasteiger charge is 2.34. The summed E-state index contributed by atoms with van der Waals surface area (Å²) in [6, 6.07) is 0. The summed E-state index contributed by atoms with van der Waals surface area (Å²) in [6.07, 6.45) is -2.29. The molecule has 0 N–H and O–H groups in total. The number of halogens is 3. The van der Waals surface area contributed by atoms with Crippen LogP contribution >= 0.6 is 0 Å². The van der Waals surface area contributed by atoms with Crippen molar-refractivity contribution in [1.82, 2.24) is 9.97 Å². The van der Waals surface area contributed by atoms with Gasteiger partial charge in [0.05, 0.1) is 5.56 Å². The summed E-state index contributed by atoms with van der Waals surface area (Å²) in [5.41, 5.74) is 3.44. The van der Waals surface area contributed by atoms with Gasteiger partial charge in [-0.25, -0.2) is 9.97 Å². The number of nitrogens with zero attached hydrogens (tertiary/aromatic N) is 2. The highest BCUT2D eigenvalue weighted by molar-refractivity contribution is 6.83. The molecule has 0 unspecified atom stereocenters. The maximum Gasteiger partial charge on any atom is 0.451 e. The summed E-state index contributed by atoms with van der Waals surface area (Å²) in [5, 5.41) is 0. The molecule has 0 atom stereocenters. The van der Waals surface area contributed by atoms with Gasteiger partial charge in [-0.3, -0.25) is 0 Å². The van der Waals surface area contributed by atoms with Crippen LogP contribution in [0.3, 0.4) is 0 Å². The average molecular weight is 244 g/mol. The fourth-order valence-corrected chi connectivity index (χ4v) is 1.32. The first-order valence-corrected chi connectivity index (χ1v) is 8.11. The number of alkyl halides is 3. The molecule has 0 bridgehead atoms. The van der Waals surface area contributed by atoms with E-state index in [0.717, 1.165) is 12.4 Å². The van der Waals surface area contributed by atoms with Crippen molar-refractivity contribution in [3.05, 3.63) is 23.8 Å². The smallest absolute Gasteiger partial charge is 0.232 e. The molecule has 0 aliphatic rings. The lowest BCUT2D eigenvalue weighted by Crippen LogP contribution is -2.16. The lowest BCUT2D eigenvalue weighted by atomic mass is 10.3. The quantitative estimate of drug-likeness (QED) is 0.518. The molecule has 2 nitrogen and oxygen atoms in total. The van der Waals surface area contributed by atoms with Crippen molar-refractivity contribution in [3.63, 3.8) is 0 Å². The third-order valence-electron chi connectivity index (χ3n) is 1.49. The minimum Gasteiger partial charge on any atom is -0.232 e. The maximum absolute atomic E-state index is 12.1. The minimum absolute atomic E-state index is 0.412. The lowest BCUT2D eigenvalue weighted by Gasteiger charge is -2.04. The summed E-state index contributed by atoms with van der Waals surface area (Å²) >= 11 is 0. The van der Waals surface area contributed by atoms with Crippen molar-refractivity contribution >= 4 is 8.07 Å². The van der Waals surface area contributed by atoms with Crippen molar-refractivity contribution in [3.8, 4) is 11.5 Å². The van der Waals surface area contributed by atoms with Crippen LogP contribution in [0, 0.1) is 11.5 Å². The van der Waals surface area contributed by atoms with Crippen LogP contribution < -0.4 is 0 Å². The summed E-state index contributed by atoms with van der Waals surface area (Å²) in [6.45, 7) is 6.14. The summed E-state index contributed by atoms with van der Waals surface area (Å²) in [5.74, 6) is 1.65. The van der Waals surface area contributed by atoms with Crippen LogP contribution in [0.15, 0.2) is 12.4 Å². The van der Waals surface area contributed by atoms with Gasteiger partial charge in [-0.1, -0.05) is 25.6 Å². The number of aromatic nitrogens is 2. The van der Waals surface area contributed by atoms with Crippen LogP contribution in [0.1, 0.15) is 11.4 Å². The van der Waals surface area contributed by atoms with Gasteiger partial charge in [-0.15, -0.1) is 5.54 Å². The molecule has 1 aromatic rings. The fraction of sp³-hybridized carbons (Fsp3) is 0.400. The molecular weight excluding hydrogens is 233 g/mol. The molecular formula is C10H11F3N2Si. The molecule has 1 aromatic heterocycles. The van der Waals surface area contributed by atoms with Crippen molar-refractivity contribution in [2.24, 2.45) is 0 Å². The van der Waals surface area contributed by atoms with Gasteiger partial charge < -0.3 is 0 Å². The van der Waals surface area contributed by atoms with Crippen LogP contribution in [0.25, 0.3) is 0 Å². The Morgan fingerprint density at radius 2 is 1.62 bits per heavy atom. The third-order valence-corrected chi connectivity index (χ3v) is 2.36. The van der Waals surface area contributed by atoms with E-state index in [1.165, 1.54) is 0 Å². The highest BCUT2D eigenvalue weighted by Crippen LogP contribution is 2.25. The zero-order valence-electron chi connectivity index (χ0n) is 9.18. The van der Waals surface area contributed by atoms with Gasteiger partial charge in [0, 0.05) is 12.4 Å². The fourth-order valence-electron chi connectivity index (χ4n) is 0.799. The zero-order valence-corrected chi connectivity index (χ0v) is 10.2. The summed E-state index contributed by atoms with van der Waals surface area (Å²) in [7, 11) is -1.53. The largest absolute Gasteiger partial charge is 0.451 e. The first kappa shape index (κ1) is 12.7. The molecule has 16 heavy (non-hydrogen) atoms. The predicted octanol–water partition coefficient (Wildman–Crippen LogP) is 2.72. The van der Waals surface area contributed by atoms with Gasteiger partial charge in [0.25, 0.3) is 0 Å². The lowest BCUT2D eigenvalue weighted by molar-refractivity contribution is -0.145. The van der Waals surface area contributed by atoms with Crippen LogP contribution in [0.5, 0.6) is 0 Å². The van der Waals surface area contributed by atoms with Gasteiger partial charge in [-0.2, -0.15) is 13.2 Å². The van der Waals surface area contributed by atoms with Crippen molar-refractivity contribution in [2.75, 3.05) is 0 Å². The second-order valence-electron chi connectivity index (χ2n) is 4.29. The molecule has 0 fully saturated rings. The highest BCUT2D eigenvalue weighted by atomic mass is 28.3. The number of rotatable bonds is 0. The Hall–Kier alpha value is -1.35. The normalized spacial score (nSPS) is 11.9. The Balaban J connectivity index is 2.91. The van der Waals surface area contributed by atoms with E-state index in [-0.39, 0.29) is 0 Å². The van der Waals surface area contributed by atoms with E-state index in [4.69, 9.17) is 0 Å². The SMILES string of the molecule is C[Si](C)(C)C#Cc1cnc(C(F)(F)F)nc1. The van der Waals surface area contributed by atoms with E-state index >= 15 is 0 Å². The molecule has 0 aliphatic heterocycles. The van der Waals surface area contributed by atoms with Gasteiger partial charge in [0.15, 0.2) is 0 Å². The topological polar surface area (TPSA) is 25.8 Å². The molecule has 0 saturated carbocycles. The summed E-state index contributed by atoms with van der Waals surface area (Å²) < 4.78 is 36.4. The van der Waals surface area contributed by atoms with Crippen LogP contribution in [0.4, 0.5) is 13.2 Å². The van der Waals surface area contributed by atoms with Crippen molar-refractivity contribution in [2.45, 2.75) is 25.8 Å². The second-order valence-corrected chi connectivity index (χ2v) is 9.04. The van der Waals surface area contributed by atoms with E-state index in [0.29, 0.717) is 5.56 Å². The molecule has 1 rings (SSSR count). The van der Waals surface area contributed by atoms with Crippen LogP contribution in [-0.2, 0) is 6.18 Å². The molecule has 0 spiro atoms. The van der Waals surface area contributed by atoms with E-state index < -0.39 is 20.1 Å². The van der Waals surface area contributed by atoms with E-state index in [1.54, 1.807) is 0 Å². The van der Waals surface area contributed by atoms with Gasteiger partial charge in [-0.05, 0) is 0 Å². The monoisotopic (exact) mass is 244 g/mol. The molecule has 1 heterocycles. The van der Waals surface area contributed by atoms with E-state index in [1.807, 2.05) is 19.6 Å². The first-order chi connectivity index (χ1) is 7.18. The maximum atomic E-state index is 12.1. The van der Waals surface area contributed by atoms with Gasteiger partial charge in [0.1, 0.15) is 8.07 Å². The molecule has 0 saturated heterocycles. The Labute approximate surface area is 92.9 Å². The van der Waals surface area contributed by atoms with E-state index in [2.05, 4.69) is 21.4 Å². The third kappa shape index (κ3) is 4.02. The van der Waals surface area contributed by atoms with E-state index in [9.17, 15) is 13.2 Å². The standard InChI is InChI=1S/C10H11F3N2Si/c1-16(2,3)5-4-8-6-14-9(15-7-8)10(11,12)13/h6-7H,1-3H3. The van der Waals surface area contributed by atoms with Crippen LogP contribution in [-0.4, -0.2) is 18.0 Å². The Morgan fingerprint density at radius 1 is 1.12 bits per heavy atom. The zero-order chi connectivity index (χ0) is 12.4. The van der Waals surface area contributed by atoms with Crippen molar-refractivity contribution < 1.29 is 13.2 Å². The molecule has 0 radical (unpaired) electrons. The summed E-state index contributed by atoms with van der Waals surface area (Å²) in [4.78, 5) is 6.45. The van der Waals surface area contributed by atoms with Gasteiger partial charge >= 0.3 is 6.18 Å². The van der Waals surface area contributed by atoms with Crippen LogP contribution in [0.2, 0.25) is 19.6 Å².